The molecule has 0 saturated heterocycles. The van der Waals surface area contributed by atoms with Gasteiger partial charge < -0.3 is 0 Å². The Hall–Kier alpha value is 0.279. The zero-order valence-electron chi connectivity index (χ0n) is 9.56. The van der Waals surface area contributed by atoms with Crippen LogP contribution in [0.1, 0.15) is 0 Å². The van der Waals surface area contributed by atoms with Crippen molar-refractivity contribution in [3.63, 3.8) is 0 Å². The third-order valence-electron chi connectivity index (χ3n) is 1.29. The molecule has 0 heterocycles. The van der Waals surface area contributed by atoms with Crippen molar-refractivity contribution in [3.8, 4) is 0 Å². The van der Waals surface area contributed by atoms with Crippen LogP contribution in [0.2, 0.25) is 0 Å². The maximum atomic E-state index is 11.7. The van der Waals surface area contributed by atoms with Gasteiger partial charge in [0, 0.05) is 0 Å². The number of halogens is 9. The van der Waals surface area contributed by atoms with Gasteiger partial charge in [0.15, 0.2) is 0 Å². The predicted molar refractivity (Wildman–Crippen MR) is 46.7 cm³/mol. The molecule has 0 radical (unpaired) electrons. The Balaban J connectivity index is 0. The van der Waals surface area contributed by atoms with Crippen LogP contribution in [0.15, 0.2) is 0 Å². The maximum absolute atomic E-state index is 11.7. The molecule has 0 unspecified atom stereocenters. The predicted octanol–water partition coefficient (Wildman–Crippen LogP) is 4.25. The fraction of sp³-hybridized carbons (Fsp3) is 1.00. The molecule has 0 aromatic carbocycles. The zero-order chi connectivity index (χ0) is 16.3. The Morgan fingerprint density at radius 3 is 0.842 bits per heavy atom. The van der Waals surface area contributed by atoms with E-state index >= 15 is 0 Å². The molecule has 1 nitrogen and oxygen atoms in total. The first-order chi connectivity index (χ1) is 8.04. The van der Waals surface area contributed by atoms with Crippen molar-refractivity contribution in [2.75, 3.05) is 20.0 Å². The quantitative estimate of drug-likeness (QED) is 0.379. The zero-order valence-corrected chi connectivity index (χ0v) is 11.4. The van der Waals surface area contributed by atoms with E-state index in [4.69, 9.17) is 0 Å². The van der Waals surface area contributed by atoms with Crippen LogP contribution in [0.3, 0.4) is 0 Å². The standard InChI is InChI=1S/C4F9O.C3H9P.Cu/c5-2(6,7)1(14,3(8,9)10)4(11,12)13;1-4(2)3;/h;1-3H3;/q-1;;+1. The minimum absolute atomic E-state index is 0.380. The van der Waals surface area contributed by atoms with Gasteiger partial charge in [-0.2, -0.15) is 0 Å². The fourth-order valence-corrected chi connectivity index (χ4v) is 0.914. The second kappa shape index (κ2) is 6.82. The molecule has 0 bridgehead atoms. The summed E-state index contributed by atoms with van der Waals surface area (Å²) >= 11 is 3.03. The topological polar surface area (TPSA) is 9.23 Å². The molecule has 0 rings (SSSR count). The van der Waals surface area contributed by atoms with Crippen LogP contribution in [0.25, 0.3) is 0 Å². The number of rotatable bonds is 1. The van der Waals surface area contributed by atoms with Crippen molar-refractivity contribution < 1.29 is 59.7 Å². The molecule has 0 aromatic heterocycles. The van der Waals surface area contributed by atoms with Crippen LogP contribution in [0, 0.1) is 0 Å². The summed E-state index contributed by atoms with van der Waals surface area (Å²) in [5, 5.41) is 0. The summed E-state index contributed by atoms with van der Waals surface area (Å²) in [7, 11) is 0.380. The number of hydrogen-bond donors (Lipinski definition) is 0. The molecular formula is C7H9CuF9OP. The Bertz CT molecular complexity index is 230. The molecule has 19 heavy (non-hydrogen) atoms. The summed E-state index contributed by atoms with van der Waals surface area (Å²) in [6.07, 6.45) is -20.2. The van der Waals surface area contributed by atoms with E-state index in [0.29, 0.717) is 7.92 Å². The van der Waals surface area contributed by atoms with Crippen LogP contribution < -0.4 is 0 Å². The molecule has 0 fully saturated rings. The van der Waals surface area contributed by atoms with Gasteiger partial charge in [0.05, 0.1) is 0 Å². The summed E-state index contributed by atoms with van der Waals surface area (Å²) in [6, 6.07) is 0. The Morgan fingerprint density at radius 2 is 0.842 bits per heavy atom. The van der Waals surface area contributed by atoms with Gasteiger partial charge in [-0.3, -0.25) is 0 Å². The fourth-order valence-electron chi connectivity index (χ4n) is 0.587. The molecule has 0 aliphatic rings. The van der Waals surface area contributed by atoms with Gasteiger partial charge in [-0.1, -0.05) is 0 Å². The van der Waals surface area contributed by atoms with Gasteiger partial charge in [-0.15, -0.1) is 7.92 Å². The van der Waals surface area contributed by atoms with Gasteiger partial charge in [0.25, 0.3) is 0 Å². The van der Waals surface area contributed by atoms with Gasteiger partial charge in [-0.25, -0.2) is 0 Å². The molecule has 0 aliphatic heterocycles. The molecule has 0 amide bonds. The molecule has 122 valence electrons. The second-order valence-electron chi connectivity index (χ2n) is 3.58. The van der Waals surface area contributed by atoms with Crippen LogP contribution in [-0.4, -0.2) is 44.1 Å². The molecule has 0 N–H and O–H groups in total. The van der Waals surface area contributed by atoms with Crippen molar-refractivity contribution in [1.82, 2.24) is 0 Å². The van der Waals surface area contributed by atoms with E-state index < -0.39 is 24.1 Å². The van der Waals surface area contributed by atoms with Gasteiger partial charge >= 0.3 is 83.8 Å². The first-order valence-corrected chi connectivity index (χ1v) is 7.19. The van der Waals surface area contributed by atoms with Gasteiger partial charge in [0.2, 0.25) is 0 Å². The molecule has 0 spiro atoms. The Morgan fingerprint density at radius 1 is 0.684 bits per heavy atom. The third-order valence-corrected chi connectivity index (χ3v) is 1.58. The van der Waals surface area contributed by atoms with Crippen LogP contribution in [0.5, 0.6) is 0 Å². The first kappa shape index (κ1) is 21.6. The van der Waals surface area contributed by atoms with Crippen molar-refractivity contribution in [2.24, 2.45) is 0 Å². The molecule has 0 aromatic rings. The molecular weight excluding hydrogens is 366 g/mol. The Labute approximate surface area is 112 Å². The van der Waals surface area contributed by atoms with Gasteiger partial charge in [-0.05, 0) is 20.0 Å². The summed E-state index contributed by atoms with van der Waals surface area (Å²) in [6.45, 7) is 6.69. The van der Waals surface area contributed by atoms with Crippen LogP contribution in [0.4, 0.5) is 39.5 Å². The second-order valence-corrected chi connectivity index (χ2v) is 6.45. The summed E-state index contributed by atoms with van der Waals surface area (Å²) < 4.78 is 108. The van der Waals surface area contributed by atoms with Crippen molar-refractivity contribution in [2.45, 2.75) is 24.1 Å². The molecule has 0 aliphatic carbocycles. The van der Waals surface area contributed by atoms with E-state index in [1.165, 1.54) is 0 Å². The minimum atomic E-state index is -6.75. The monoisotopic (exact) mass is 374 g/mol. The first-order valence-electron chi connectivity index (χ1n) is 4.12. The van der Waals surface area contributed by atoms with E-state index in [9.17, 15) is 39.5 Å². The van der Waals surface area contributed by atoms with Crippen molar-refractivity contribution in [3.05, 3.63) is 0 Å². The average Bonchev–Trinajstić information content (AvgIpc) is 1.94. The van der Waals surface area contributed by atoms with E-state index in [2.05, 4.69) is 40.2 Å². The number of alkyl halides is 9. The van der Waals surface area contributed by atoms with Crippen molar-refractivity contribution >= 4 is 7.92 Å². The summed E-state index contributed by atoms with van der Waals surface area (Å²) in [4.78, 5) is 0. The normalized spacial score (nSPS) is 14.3. The number of hydrogen-bond acceptors (Lipinski definition) is 1. The van der Waals surface area contributed by atoms with Crippen LogP contribution in [-0.2, 0) is 20.2 Å². The average molecular weight is 375 g/mol. The third kappa shape index (κ3) is 5.28. The van der Waals surface area contributed by atoms with E-state index in [0.717, 1.165) is 0 Å². The van der Waals surface area contributed by atoms with E-state index in [1.807, 2.05) is 0 Å². The van der Waals surface area contributed by atoms with Crippen LogP contribution >= 0.6 is 7.92 Å². The molecule has 0 saturated carbocycles. The SMILES string of the molecule is CP(C)C.FC(F)(F)C([O][Cu])(C(F)(F)F)C(F)(F)F. The van der Waals surface area contributed by atoms with E-state index in [1.54, 1.807) is 0 Å². The Kier molecular flexibility index (Phi) is 7.75. The summed E-state index contributed by atoms with van der Waals surface area (Å²) in [5.41, 5.74) is -6.34. The van der Waals surface area contributed by atoms with Crippen molar-refractivity contribution in [1.29, 1.82) is 0 Å². The summed E-state index contributed by atoms with van der Waals surface area (Å²) in [5.74, 6) is 0. The molecule has 12 heteroatoms. The van der Waals surface area contributed by atoms with E-state index in [-0.39, 0.29) is 0 Å². The van der Waals surface area contributed by atoms with Gasteiger partial charge in [0.1, 0.15) is 0 Å². The molecule has 0 atom stereocenters.